The molecule has 2 aromatic carbocycles. The Hall–Kier alpha value is -3.68. The van der Waals surface area contributed by atoms with Gasteiger partial charge in [0, 0.05) is 25.1 Å². The number of fused-ring (bicyclic) bond motifs is 1. The van der Waals surface area contributed by atoms with Crippen LogP contribution in [0.2, 0.25) is 0 Å². The van der Waals surface area contributed by atoms with Crippen LogP contribution in [0.15, 0.2) is 51.4 Å². The number of nitrogens with one attached hydrogen (secondary N) is 1. The Balaban J connectivity index is 1.40. The van der Waals surface area contributed by atoms with E-state index < -0.39 is 0 Å². The van der Waals surface area contributed by atoms with Gasteiger partial charge in [-0.1, -0.05) is 5.16 Å². The van der Waals surface area contributed by atoms with Crippen molar-refractivity contribution in [1.29, 1.82) is 0 Å². The van der Waals surface area contributed by atoms with E-state index in [0.29, 0.717) is 45.7 Å². The molecule has 0 unspecified atom stereocenters. The molecule has 8 nitrogen and oxygen atoms in total. The Labute approximate surface area is 154 Å². The highest BCUT2D eigenvalue weighted by atomic mass is 16.5. The van der Waals surface area contributed by atoms with Crippen molar-refractivity contribution in [2.24, 2.45) is 0 Å². The lowest BCUT2D eigenvalue weighted by molar-refractivity contribution is 0.102. The number of carbonyl (C=O) groups excluding carboxylic acids is 1. The molecule has 0 fully saturated rings. The zero-order valence-electron chi connectivity index (χ0n) is 14.7. The highest BCUT2D eigenvalue weighted by Gasteiger charge is 2.09. The van der Waals surface area contributed by atoms with Gasteiger partial charge in [0.25, 0.3) is 5.91 Å². The minimum absolute atomic E-state index is 0.194. The van der Waals surface area contributed by atoms with Gasteiger partial charge in [-0.3, -0.25) is 4.79 Å². The van der Waals surface area contributed by atoms with E-state index in [2.05, 4.69) is 20.4 Å². The third kappa shape index (κ3) is 3.79. The number of aryl methyl sites for hydroxylation is 2. The average molecular weight is 364 g/mol. The topological polar surface area (TPSA) is 103 Å². The molecule has 4 aromatic rings. The van der Waals surface area contributed by atoms with Gasteiger partial charge < -0.3 is 19.0 Å². The van der Waals surface area contributed by atoms with E-state index in [0.717, 1.165) is 0 Å². The standard InChI is InChI=1S/C19H16N4O4/c1-11-20-16-9-14(5-8-17(16)26-11)22-19(24)13-3-6-15(7-4-13)25-10-18-21-12(2)27-23-18/h3-9H,10H2,1-2H3,(H,22,24). The number of aromatic nitrogens is 3. The number of ether oxygens (including phenoxy) is 1. The predicted molar refractivity (Wildman–Crippen MR) is 96.5 cm³/mol. The van der Waals surface area contributed by atoms with E-state index in [1.807, 2.05) is 0 Å². The van der Waals surface area contributed by atoms with Gasteiger partial charge in [-0.05, 0) is 42.5 Å². The number of anilines is 1. The first-order valence-corrected chi connectivity index (χ1v) is 8.27. The van der Waals surface area contributed by atoms with E-state index in [4.69, 9.17) is 13.7 Å². The van der Waals surface area contributed by atoms with Gasteiger partial charge >= 0.3 is 0 Å². The molecular formula is C19H16N4O4. The van der Waals surface area contributed by atoms with Crippen molar-refractivity contribution in [1.82, 2.24) is 15.1 Å². The summed E-state index contributed by atoms with van der Waals surface area (Å²) in [5.41, 5.74) is 2.54. The third-order valence-corrected chi connectivity index (χ3v) is 3.81. The molecule has 0 spiro atoms. The Morgan fingerprint density at radius 2 is 1.89 bits per heavy atom. The number of hydrogen-bond acceptors (Lipinski definition) is 7. The van der Waals surface area contributed by atoms with Crippen molar-refractivity contribution in [3.63, 3.8) is 0 Å². The maximum absolute atomic E-state index is 12.4. The quantitative estimate of drug-likeness (QED) is 0.576. The lowest BCUT2D eigenvalue weighted by Gasteiger charge is -2.07. The van der Waals surface area contributed by atoms with E-state index in [1.165, 1.54) is 0 Å². The molecule has 0 bridgehead atoms. The van der Waals surface area contributed by atoms with Crippen LogP contribution in [-0.4, -0.2) is 21.0 Å². The minimum Gasteiger partial charge on any atom is -0.485 e. The molecule has 0 atom stereocenters. The molecular weight excluding hydrogens is 348 g/mol. The highest BCUT2D eigenvalue weighted by molar-refractivity contribution is 6.04. The molecule has 0 aliphatic rings. The summed E-state index contributed by atoms with van der Waals surface area (Å²) in [5.74, 6) is 1.91. The summed E-state index contributed by atoms with van der Waals surface area (Å²) >= 11 is 0. The first kappa shape index (κ1) is 16.8. The van der Waals surface area contributed by atoms with Gasteiger partial charge in [0.15, 0.2) is 18.1 Å². The molecule has 0 radical (unpaired) electrons. The maximum atomic E-state index is 12.4. The summed E-state index contributed by atoms with van der Waals surface area (Å²) in [5, 5.41) is 6.61. The first-order valence-electron chi connectivity index (χ1n) is 8.27. The van der Waals surface area contributed by atoms with Gasteiger partial charge in [0.2, 0.25) is 11.7 Å². The monoisotopic (exact) mass is 364 g/mol. The van der Waals surface area contributed by atoms with Gasteiger partial charge in [-0.2, -0.15) is 4.98 Å². The molecule has 4 rings (SSSR count). The van der Waals surface area contributed by atoms with Gasteiger partial charge in [-0.15, -0.1) is 0 Å². The Morgan fingerprint density at radius 3 is 2.63 bits per heavy atom. The van der Waals surface area contributed by atoms with Gasteiger partial charge in [-0.25, -0.2) is 4.98 Å². The SMILES string of the molecule is Cc1nc(COc2ccc(C(=O)Nc3ccc4oc(C)nc4c3)cc2)no1. The molecule has 1 N–H and O–H groups in total. The number of benzene rings is 2. The number of hydrogen-bond donors (Lipinski definition) is 1. The summed E-state index contributed by atoms with van der Waals surface area (Å²) in [6, 6.07) is 12.1. The summed E-state index contributed by atoms with van der Waals surface area (Å²) in [7, 11) is 0. The van der Waals surface area contributed by atoms with Crippen molar-refractivity contribution in [2.45, 2.75) is 20.5 Å². The second-order valence-corrected chi connectivity index (χ2v) is 5.91. The Kier molecular flexibility index (Phi) is 4.29. The van der Waals surface area contributed by atoms with Crippen molar-refractivity contribution in [3.05, 3.63) is 65.6 Å². The van der Waals surface area contributed by atoms with Crippen molar-refractivity contribution in [2.75, 3.05) is 5.32 Å². The summed E-state index contributed by atoms with van der Waals surface area (Å²) < 4.78 is 15.9. The molecule has 2 heterocycles. The first-order chi connectivity index (χ1) is 13.1. The number of rotatable bonds is 5. The lowest BCUT2D eigenvalue weighted by Crippen LogP contribution is -2.11. The molecule has 0 aliphatic heterocycles. The molecule has 8 heteroatoms. The molecule has 0 saturated heterocycles. The summed E-state index contributed by atoms with van der Waals surface area (Å²) in [4.78, 5) is 20.7. The second-order valence-electron chi connectivity index (χ2n) is 5.91. The zero-order chi connectivity index (χ0) is 18.8. The van der Waals surface area contributed by atoms with Crippen LogP contribution >= 0.6 is 0 Å². The van der Waals surface area contributed by atoms with Crippen LogP contribution in [0.25, 0.3) is 11.1 Å². The molecule has 1 amide bonds. The smallest absolute Gasteiger partial charge is 0.255 e. The normalized spacial score (nSPS) is 10.9. The van der Waals surface area contributed by atoms with E-state index >= 15 is 0 Å². The van der Waals surface area contributed by atoms with Crippen molar-refractivity contribution < 1.29 is 18.5 Å². The average Bonchev–Trinajstić information content (AvgIpc) is 3.24. The Bertz CT molecular complexity index is 1100. The molecule has 27 heavy (non-hydrogen) atoms. The van der Waals surface area contributed by atoms with Crippen LogP contribution in [0.3, 0.4) is 0 Å². The van der Waals surface area contributed by atoms with Crippen LogP contribution in [-0.2, 0) is 6.61 Å². The molecule has 2 aromatic heterocycles. The van der Waals surface area contributed by atoms with Crippen molar-refractivity contribution in [3.8, 4) is 5.75 Å². The van der Waals surface area contributed by atoms with Crippen molar-refractivity contribution >= 4 is 22.7 Å². The fraction of sp³-hybridized carbons (Fsp3) is 0.158. The number of carbonyl (C=O) groups is 1. The fourth-order valence-corrected chi connectivity index (χ4v) is 2.57. The minimum atomic E-state index is -0.227. The molecule has 0 aliphatic carbocycles. The highest BCUT2D eigenvalue weighted by Crippen LogP contribution is 2.21. The van der Waals surface area contributed by atoms with E-state index in [-0.39, 0.29) is 12.5 Å². The van der Waals surface area contributed by atoms with Crippen LogP contribution in [0.4, 0.5) is 5.69 Å². The van der Waals surface area contributed by atoms with Gasteiger partial charge in [0.05, 0.1) is 0 Å². The zero-order valence-corrected chi connectivity index (χ0v) is 14.7. The third-order valence-electron chi connectivity index (χ3n) is 3.81. The number of nitrogens with zero attached hydrogens (tertiary/aromatic N) is 3. The van der Waals surface area contributed by atoms with Crippen LogP contribution in [0, 0.1) is 13.8 Å². The maximum Gasteiger partial charge on any atom is 0.255 e. The largest absolute Gasteiger partial charge is 0.485 e. The summed E-state index contributed by atoms with van der Waals surface area (Å²) in [6.07, 6.45) is 0. The van der Waals surface area contributed by atoms with Gasteiger partial charge in [0.1, 0.15) is 11.3 Å². The van der Waals surface area contributed by atoms with Crippen LogP contribution < -0.4 is 10.1 Å². The Morgan fingerprint density at radius 1 is 1.07 bits per heavy atom. The molecule has 0 saturated carbocycles. The number of amides is 1. The van der Waals surface area contributed by atoms with Crippen LogP contribution in [0.5, 0.6) is 5.75 Å². The summed E-state index contributed by atoms with van der Waals surface area (Å²) in [6.45, 7) is 3.69. The van der Waals surface area contributed by atoms with Crippen LogP contribution in [0.1, 0.15) is 28.0 Å². The molecule has 136 valence electrons. The lowest BCUT2D eigenvalue weighted by atomic mass is 10.2. The van der Waals surface area contributed by atoms with E-state index in [1.54, 1.807) is 56.3 Å². The number of oxazole rings is 1. The second kappa shape index (κ2) is 6.91. The predicted octanol–water partition coefficient (Wildman–Crippen LogP) is 3.66. The fourth-order valence-electron chi connectivity index (χ4n) is 2.57. The van der Waals surface area contributed by atoms with E-state index in [9.17, 15) is 4.79 Å².